The van der Waals surface area contributed by atoms with Crippen LogP contribution in [-0.4, -0.2) is 40.5 Å². The lowest BCUT2D eigenvalue weighted by Crippen LogP contribution is -2.53. The van der Waals surface area contributed by atoms with Crippen molar-refractivity contribution in [3.8, 4) is 5.75 Å². The van der Waals surface area contributed by atoms with Gasteiger partial charge in [0.1, 0.15) is 12.2 Å². The van der Waals surface area contributed by atoms with Crippen molar-refractivity contribution in [2.45, 2.75) is 13.5 Å². The number of hydrogen-bond acceptors (Lipinski definition) is 4. The summed E-state index contributed by atoms with van der Waals surface area (Å²) >= 11 is 0. The fraction of sp³-hybridized carbons (Fsp3) is 0.174. The second kappa shape index (κ2) is 8.43. The zero-order valence-electron chi connectivity index (χ0n) is 16.8. The molecular weight excluding hydrogens is 401 g/mol. The second-order valence-electron chi connectivity index (χ2n) is 6.94. The first-order valence-corrected chi connectivity index (χ1v) is 9.83. The Morgan fingerprint density at radius 3 is 2.58 bits per heavy atom. The summed E-state index contributed by atoms with van der Waals surface area (Å²) in [4.78, 5) is 37.7. The molecule has 8 heteroatoms. The first kappa shape index (κ1) is 20.3. The van der Waals surface area contributed by atoms with Crippen LogP contribution in [0, 0.1) is 5.82 Å². The quantitative estimate of drug-likeness (QED) is 0.489. The molecule has 0 bridgehead atoms. The van der Waals surface area contributed by atoms with E-state index in [0.717, 1.165) is 15.8 Å². The molecule has 31 heavy (non-hydrogen) atoms. The zero-order chi connectivity index (χ0) is 22.0. The second-order valence-corrected chi connectivity index (χ2v) is 6.94. The number of benzene rings is 2. The van der Waals surface area contributed by atoms with Gasteiger partial charge >= 0.3 is 6.03 Å². The zero-order valence-corrected chi connectivity index (χ0v) is 16.8. The minimum absolute atomic E-state index is 0.105. The molecule has 1 aliphatic rings. The molecule has 0 aliphatic carbocycles. The molecule has 4 rings (SSSR count). The van der Waals surface area contributed by atoms with Gasteiger partial charge in [-0.1, -0.05) is 30.3 Å². The molecule has 0 spiro atoms. The Kier molecular flexibility index (Phi) is 5.53. The monoisotopic (exact) mass is 421 g/mol. The highest BCUT2D eigenvalue weighted by Gasteiger charge is 2.34. The summed E-state index contributed by atoms with van der Waals surface area (Å²) < 4.78 is 21.2. The molecule has 7 nitrogen and oxygen atoms in total. The number of hydrogen-bond donors (Lipinski definition) is 1. The molecule has 2 aromatic carbocycles. The summed E-state index contributed by atoms with van der Waals surface area (Å²) in [6.07, 6.45) is 3.29. The lowest BCUT2D eigenvalue weighted by Gasteiger charge is -2.24. The van der Waals surface area contributed by atoms with Crippen LogP contribution in [-0.2, 0) is 16.1 Å². The van der Waals surface area contributed by atoms with E-state index < -0.39 is 23.7 Å². The molecule has 0 radical (unpaired) electrons. The van der Waals surface area contributed by atoms with E-state index in [9.17, 15) is 18.8 Å². The molecule has 1 saturated heterocycles. The van der Waals surface area contributed by atoms with Gasteiger partial charge in [-0.2, -0.15) is 0 Å². The number of aromatic nitrogens is 1. The van der Waals surface area contributed by atoms with E-state index in [4.69, 9.17) is 4.74 Å². The van der Waals surface area contributed by atoms with Gasteiger partial charge in [-0.15, -0.1) is 0 Å². The highest BCUT2D eigenvalue weighted by molar-refractivity contribution is 6.31. The predicted octanol–water partition coefficient (Wildman–Crippen LogP) is 3.34. The largest absolute Gasteiger partial charge is 0.489 e. The summed E-state index contributed by atoms with van der Waals surface area (Å²) in [5.41, 5.74) is 1.43. The number of barbiturate groups is 1. The molecule has 0 saturated carbocycles. The van der Waals surface area contributed by atoms with Crippen molar-refractivity contribution >= 4 is 34.8 Å². The van der Waals surface area contributed by atoms with Crippen LogP contribution in [0.2, 0.25) is 0 Å². The number of imide groups is 2. The van der Waals surface area contributed by atoms with Crippen LogP contribution in [0.25, 0.3) is 17.0 Å². The van der Waals surface area contributed by atoms with Crippen LogP contribution in [0.15, 0.2) is 60.3 Å². The van der Waals surface area contributed by atoms with Crippen molar-refractivity contribution in [1.29, 1.82) is 0 Å². The van der Waals surface area contributed by atoms with E-state index in [-0.39, 0.29) is 24.5 Å². The third kappa shape index (κ3) is 3.92. The Morgan fingerprint density at radius 2 is 1.81 bits per heavy atom. The van der Waals surface area contributed by atoms with Gasteiger partial charge in [0.15, 0.2) is 11.6 Å². The first-order valence-electron chi connectivity index (χ1n) is 9.83. The Balaban J connectivity index is 1.63. The van der Waals surface area contributed by atoms with Gasteiger partial charge in [-0.05, 0) is 31.2 Å². The molecule has 158 valence electrons. The van der Waals surface area contributed by atoms with Crippen molar-refractivity contribution in [2.75, 3.05) is 13.2 Å². The highest BCUT2D eigenvalue weighted by atomic mass is 19.1. The van der Waals surface area contributed by atoms with E-state index >= 15 is 0 Å². The molecule has 1 N–H and O–H groups in total. The van der Waals surface area contributed by atoms with Crippen molar-refractivity contribution in [1.82, 2.24) is 14.8 Å². The number of likely N-dealkylation sites (N-methyl/N-ethyl adjacent to an activating group) is 1. The molecule has 1 aliphatic heterocycles. The normalized spacial score (nSPS) is 15.6. The van der Waals surface area contributed by atoms with Crippen LogP contribution < -0.4 is 10.1 Å². The van der Waals surface area contributed by atoms with Crippen LogP contribution in [0.5, 0.6) is 5.75 Å². The van der Waals surface area contributed by atoms with E-state index in [2.05, 4.69) is 5.32 Å². The van der Waals surface area contributed by atoms with E-state index in [1.165, 1.54) is 12.1 Å². The average Bonchev–Trinajstić information content (AvgIpc) is 3.10. The number of ether oxygens (including phenoxy) is 1. The third-order valence-electron chi connectivity index (χ3n) is 5.05. The topological polar surface area (TPSA) is 80.6 Å². The van der Waals surface area contributed by atoms with Gasteiger partial charge in [0.2, 0.25) is 0 Å². The summed E-state index contributed by atoms with van der Waals surface area (Å²) in [7, 11) is 0. The van der Waals surface area contributed by atoms with E-state index in [1.54, 1.807) is 31.3 Å². The predicted molar refractivity (Wildman–Crippen MR) is 113 cm³/mol. The number of nitrogens with zero attached hydrogens (tertiary/aromatic N) is 2. The number of amides is 4. The fourth-order valence-electron chi connectivity index (χ4n) is 3.53. The van der Waals surface area contributed by atoms with Gasteiger partial charge < -0.3 is 9.30 Å². The van der Waals surface area contributed by atoms with Crippen molar-refractivity contribution in [3.63, 3.8) is 0 Å². The molecule has 2 heterocycles. The molecular formula is C23H20FN3O4. The van der Waals surface area contributed by atoms with Gasteiger partial charge in [-0.3, -0.25) is 19.8 Å². The van der Waals surface area contributed by atoms with Gasteiger partial charge in [0.05, 0.1) is 6.54 Å². The van der Waals surface area contributed by atoms with Gasteiger partial charge in [0.25, 0.3) is 11.8 Å². The molecule has 3 aromatic rings. The SMILES string of the molecule is CCN1C(=O)NC(=O)/C(=C/c2cn(CCOc3ccccc3F)c3ccccc23)C1=O. The van der Waals surface area contributed by atoms with Crippen LogP contribution in [0.3, 0.4) is 0 Å². The maximum atomic E-state index is 13.8. The maximum absolute atomic E-state index is 13.8. The Morgan fingerprint density at radius 1 is 1.06 bits per heavy atom. The number of nitrogens with one attached hydrogen (secondary N) is 1. The smallest absolute Gasteiger partial charge is 0.331 e. The van der Waals surface area contributed by atoms with Crippen LogP contribution in [0.1, 0.15) is 12.5 Å². The minimum atomic E-state index is -0.723. The number of fused-ring (bicyclic) bond motifs is 1. The molecule has 1 fully saturated rings. The Bertz CT molecular complexity index is 1210. The Hall–Kier alpha value is -3.94. The number of rotatable bonds is 6. The first-order chi connectivity index (χ1) is 15.0. The third-order valence-corrected chi connectivity index (χ3v) is 5.05. The van der Waals surface area contributed by atoms with E-state index in [0.29, 0.717) is 12.1 Å². The number of halogens is 1. The minimum Gasteiger partial charge on any atom is -0.489 e. The highest BCUT2D eigenvalue weighted by Crippen LogP contribution is 2.25. The van der Waals surface area contributed by atoms with Crippen LogP contribution >= 0.6 is 0 Å². The lowest BCUT2D eigenvalue weighted by atomic mass is 10.1. The summed E-state index contributed by atoms with van der Waals surface area (Å²) in [5.74, 6) is -1.60. The number of carbonyl (C=O) groups is 3. The van der Waals surface area contributed by atoms with Gasteiger partial charge in [0, 0.05) is 29.2 Å². The molecule has 0 atom stereocenters. The fourth-order valence-corrected chi connectivity index (χ4v) is 3.53. The van der Waals surface area contributed by atoms with Crippen molar-refractivity contribution in [2.24, 2.45) is 0 Å². The Labute approximate surface area is 177 Å². The summed E-state index contributed by atoms with van der Waals surface area (Å²) in [6, 6.07) is 13.0. The van der Waals surface area contributed by atoms with E-state index in [1.807, 2.05) is 28.8 Å². The molecule has 4 amide bonds. The molecule has 1 aromatic heterocycles. The summed E-state index contributed by atoms with van der Waals surface area (Å²) in [5, 5.41) is 3.02. The number of para-hydroxylation sites is 2. The number of urea groups is 1. The number of carbonyl (C=O) groups excluding carboxylic acids is 3. The van der Waals surface area contributed by atoms with Crippen molar-refractivity contribution in [3.05, 3.63) is 71.7 Å². The average molecular weight is 421 g/mol. The summed E-state index contributed by atoms with van der Waals surface area (Å²) in [6.45, 7) is 2.47. The van der Waals surface area contributed by atoms with Crippen molar-refractivity contribution < 1.29 is 23.5 Å². The molecule has 0 unspecified atom stereocenters. The van der Waals surface area contributed by atoms with Crippen LogP contribution in [0.4, 0.5) is 9.18 Å². The maximum Gasteiger partial charge on any atom is 0.331 e. The lowest BCUT2D eigenvalue weighted by molar-refractivity contribution is -0.129. The van der Waals surface area contributed by atoms with Gasteiger partial charge in [-0.25, -0.2) is 9.18 Å². The standard InChI is InChI=1S/C23H20FN3O4/c1-2-27-22(29)17(21(28)25-23(27)30)13-15-14-26(19-9-5-3-7-16(15)19)11-12-31-20-10-6-4-8-18(20)24/h3-10,13-14H,2,11-12H2,1H3,(H,25,28,30)/b17-13-.